The smallest absolute Gasteiger partial charge is 0.241 e. The van der Waals surface area contributed by atoms with E-state index in [0.717, 1.165) is 6.54 Å². The maximum atomic E-state index is 12.1. The summed E-state index contributed by atoms with van der Waals surface area (Å²) in [6, 6.07) is 2.26. The molecule has 1 aliphatic carbocycles. The summed E-state index contributed by atoms with van der Waals surface area (Å²) >= 11 is 1.38. The maximum absolute atomic E-state index is 12.1. The summed E-state index contributed by atoms with van der Waals surface area (Å²) in [6.07, 6.45) is 2.45. The van der Waals surface area contributed by atoms with Crippen LogP contribution in [0.1, 0.15) is 17.7 Å². The van der Waals surface area contributed by atoms with Crippen LogP contribution in [0.2, 0.25) is 0 Å². The molecule has 102 valence electrons. The Bertz CT molecular complexity index is 494. The van der Waals surface area contributed by atoms with E-state index in [9.17, 15) is 8.42 Å². The van der Waals surface area contributed by atoms with Crippen LogP contribution >= 0.6 is 11.3 Å². The molecule has 0 aliphatic heterocycles. The molecule has 7 heteroatoms. The summed E-state index contributed by atoms with van der Waals surface area (Å²) in [4.78, 5) is 3.22. The minimum atomic E-state index is -3.41. The fraction of sp³-hybridized carbons (Fsp3) is 0.636. The predicted octanol–water partition coefficient (Wildman–Crippen LogP) is 0.579. The molecule has 18 heavy (non-hydrogen) atoms. The fourth-order valence-electron chi connectivity index (χ4n) is 1.85. The van der Waals surface area contributed by atoms with E-state index in [4.69, 9.17) is 5.73 Å². The van der Waals surface area contributed by atoms with E-state index in [1.54, 1.807) is 11.4 Å². The first-order chi connectivity index (χ1) is 8.54. The normalized spacial score (nSPS) is 16.4. The number of nitrogens with two attached hydrogens (primary N) is 1. The lowest BCUT2D eigenvalue weighted by atomic mass is 10.5. The van der Waals surface area contributed by atoms with Gasteiger partial charge >= 0.3 is 0 Å². The second kappa shape index (κ2) is 5.66. The van der Waals surface area contributed by atoms with Crippen molar-refractivity contribution in [1.82, 2.24) is 9.62 Å². The molecule has 0 aromatic carbocycles. The Morgan fingerprint density at radius 3 is 2.89 bits per heavy atom. The number of sulfonamides is 1. The first kappa shape index (κ1) is 14.0. The van der Waals surface area contributed by atoms with Crippen LogP contribution in [-0.2, 0) is 16.6 Å². The zero-order valence-electron chi connectivity index (χ0n) is 10.4. The van der Waals surface area contributed by atoms with Crippen molar-refractivity contribution in [2.75, 3.05) is 20.1 Å². The standard InChI is InChI=1S/C11H19N3O2S2/c1-14(9-2-3-9)6-5-13-18(15,16)11-4-7-17-10(11)8-12/h4,7,9,13H,2-3,5-6,8,12H2,1H3. The lowest BCUT2D eigenvalue weighted by Gasteiger charge is -2.15. The Hall–Kier alpha value is -0.470. The molecule has 1 aromatic rings. The van der Waals surface area contributed by atoms with Crippen LogP contribution in [0.15, 0.2) is 16.3 Å². The third-order valence-electron chi connectivity index (χ3n) is 3.11. The highest BCUT2D eigenvalue weighted by Crippen LogP contribution is 2.25. The summed E-state index contributed by atoms with van der Waals surface area (Å²) < 4.78 is 26.8. The van der Waals surface area contributed by atoms with Crippen LogP contribution in [0.5, 0.6) is 0 Å². The summed E-state index contributed by atoms with van der Waals surface area (Å²) in [5.41, 5.74) is 5.53. The van der Waals surface area contributed by atoms with E-state index in [0.29, 0.717) is 22.4 Å². The van der Waals surface area contributed by atoms with Crippen molar-refractivity contribution in [1.29, 1.82) is 0 Å². The lowest BCUT2D eigenvalue weighted by Crippen LogP contribution is -2.34. The van der Waals surface area contributed by atoms with Crippen LogP contribution in [0, 0.1) is 0 Å². The van der Waals surface area contributed by atoms with Gasteiger partial charge in [0.25, 0.3) is 0 Å². The number of rotatable bonds is 7. The van der Waals surface area contributed by atoms with Gasteiger partial charge in [-0.1, -0.05) is 0 Å². The van der Waals surface area contributed by atoms with Crippen molar-refractivity contribution in [3.63, 3.8) is 0 Å². The van der Waals surface area contributed by atoms with E-state index < -0.39 is 10.0 Å². The molecule has 0 spiro atoms. The summed E-state index contributed by atoms with van der Waals surface area (Å²) in [7, 11) is -1.38. The average Bonchev–Trinajstić information content (AvgIpc) is 3.06. The van der Waals surface area contributed by atoms with Crippen LogP contribution in [0.3, 0.4) is 0 Å². The number of hydrogen-bond donors (Lipinski definition) is 2. The molecule has 1 heterocycles. The predicted molar refractivity (Wildman–Crippen MR) is 73.1 cm³/mol. The van der Waals surface area contributed by atoms with Gasteiger partial charge in [0.05, 0.1) is 4.90 Å². The summed E-state index contributed by atoms with van der Waals surface area (Å²) in [5.74, 6) is 0. The van der Waals surface area contributed by atoms with Crippen LogP contribution in [0.4, 0.5) is 0 Å². The Morgan fingerprint density at radius 1 is 1.56 bits per heavy atom. The van der Waals surface area contributed by atoms with Gasteiger partial charge in [-0.25, -0.2) is 13.1 Å². The molecule has 2 rings (SSSR count). The molecule has 0 amide bonds. The van der Waals surface area contributed by atoms with Crippen molar-refractivity contribution in [3.05, 3.63) is 16.3 Å². The van der Waals surface area contributed by atoms with Gasteiger partial charge in [-0.05, 0) is 31.3 Å². The highest BCUT2D eigenvalue weighted by Gasteiger charge is 2.26. The minimum absolute atomic E-state index is 0.260. The first-order valence-electron chi connectivity index (χ1n) is 6.01. The van der Waals surface area contributed by atoms with Crippen molar-refractivity contribution in [2.24, 2.45) is 5.73 Å². The molecule has 3 N–H and O–H groups in total. The number of nitrogens with one attached hydrogen (secondary N) is 1. The molecule has 5 nitrogen and oxygen atoms in total. The highest BCUT2D eigenvalue weighted by molar-refractivity contribution is 7.89. The zero-order valence-corrected chi connectivity index (χ0v) is 12.1. The number of hydrogen-bond acceptors (Lipinski definition) is 5. The third kappa shape index (κ3) is 3.30. The molecular formula is C11H19N3O2S2. The van der Waals surface area contributed by atoms with Crippen molar-refractivity contribution < 1.29 is 8.42 Å². The molecule has 0 unspecified atom stereocenters. The average molecular weight is 289 g/mol. The number of likely N-dealkylation sites (N-methyl/N-ethyl adjacent to an activating group) is 1. The van der Waals surface area contributed by atoms with Gasteiger partial charge in [-0.2, -0.15) is 0 Å². The molecule has 0 saturated heterocycles. The van der Waals surface area contributed by atoms with E-state index in [1.807, 2.05) is 7.05 Å². The van der Waals surface area contributed by atoms with Gasteiger partial charge in [0, 0.05) is 30.6 Å². The van der Waals surface area contributed by atoms with Crippen LogP contribution in [-0.4, -0.2) is 39.5 Å². The Balaban J connectivity index is 1.90. The Labute approximate surface area is 112 Å². The van der Waals surface area contributed by atoms with E-state index >= 15 is 0 Å². The quantitative estimate of drug-likeness (QED) is 0.770. The van der Waals surface area contributed by atoms with Gasteiger partial charge in [0.1, 0.15) is 0 Å². The molecule has 0 radical (unpaired) electrons. The van der Waals surface area contributed by atoms with E-state index in [-0.39, 0.29) is 6.54 Å². The third-order valence-corrected chi connectivity index (χ3v) is 5.72. The number of thiophene rings is 1. The topological polar surface area (TPSA) is 75.4 Å². The zero-order chi connectivity index (χ0) is 13.2. The monoisotopic (exact) mass is 289 g/mol. The first-order valence-corrected chi connectivity index (χ1v) is 8.37. The molecule has 1 saturated carbocycles. The fourth-order valence-corrected chi connectivity index (χ4v) is 4.20. The van der Waals surface area contributed by atoms with Gasteiger partial charge in [-0.3, -0.25) is 0 Å². The highest BCUT2D eigenvalue weighted by atomic mass is 32.2. The lowest BCUT2D eigenvalue weighted by molar-refractivity contribution is 0.329. The molecule has 1 aliphatic rings. The van der Waals surface area contributed by atoms with Gasteiger partial charge < -0.3 is 10.6 Å². The van der Waals surface area contributed by atoms with Crippen LogP contribution in [0.25, 0.3) is 0 Å². The summed E-state index contributed by atoms with van der Waals surface area (Å²) in [5, 5.41) is 1.76. The molecular weight excluding hydrogens is 270 g/mol. The van der Waals surface area contributed by atoms with E-state index in [2.05, 4.69) is 9.62 Å². The molecule has 0 atom stereocenters. The SMILES string of the molecule is CN(CCNS(=O)(=O)c1ccsc1CN)C1CC1. The second-order valence-corrected chi connectivity index (χ2v) is 7.26. The molecule has 0 bridgehead atoms. The van der Waals surface area contributed by atoms with Gasteiger partial charge in [0.2, 0.25) is 10.0 Å². The van der Waals surface area contributed by atoms with Gasteiger partial charge in [-0.15, -0.1) is 11.3 Å². The van der Waals surface area contributed by atoms with Gasteiger partial charge in [0.15, 0.2) is 0 Å². The maximum Gasteiger partial charge on any atom is 0.241 e. The summed E-state index contributed by atoms with van der Waals surface area (Å²) in [6.45, 7) is 1.44. The minimum Gasteiger partial charge on any atom is -0.326 e. The second-order valence-electron chi connectivity index (χ2n) is 4.52. The van der Waals surface area contributed by atoms with Crippen molar-refractivity contribution in [2.45, 2.75) is 30.3 Å². The van der Waals surface area contributed by atoms with E-state index in [1.165, 1.54) is 24.2 Å². The molecule has 1 fully saturated rings. The largest absolute Gasteiger partial charge is 0.326 e. The van der Waals surface area contributed by atoms with Crippen molar-refractivity contribution >= 4 is 21.4 Å². The number of nitrogens with zero attached hydrogens (tertiary/aromatic N) is 1. The Kier molecular flexibility index (Phi) is 4.39. The Morgan fingerprint density at radius 2 is 2.28 bits per heavy atom. The molecule has 1 aromatic heterocycles. The van der Waals surface area contributed by atoms with Crippen molar-refractivity contribution in [3.8, 4) is 0 Å². The van der Waals surface area contributed by atoms with Crippen LogP contribution < -0.4 is 10.5 Å².